The van der Waals surface area contributed by atoms with E-state index in [9.17, 15) is 30.3 Å². The highest BCUT2D eigenvalue weighted by Gasteiger charge is 2.62. The number of aliphatic hydroxyl groups is 5. The number of rotatable bonds is 4. The van der Waals surface area contributed by atoms with Crippen molar-refractivity contribution in [2.24, 2.45) is 0 Å². The van der Waals surface area contributed by atoms with E-state index in [4.69, 9.17) is 19.3 Å². The van der Waals surface area contributed by atoms with E-state index in [0.29, 0.717) is 0 Å². The van der Waals surface area contributed by atoms with Crippen LogP contribution in [-0.2, 0) is 19.0 Å². The van der Waals surface area contributed by atoms with Gasteiger partial charge in [0.2, 0.25) is 0 Å². The monoisotopic (exact) mass is 310 g/mol. The predicted molar refractivity (Wildman–Crippen MR) is 61.8 cm³/mol. The van der Waals surface area contributed by atoms with Gasteiger partial charge in [0.15, 0.2) is 6.29 Å². The fraction of sp³-hybridized carbons (Fsp3) is 0.909. The Morgan fingerprint density at radius 1 is 1.29 bits per heavy atom. The molecule has 0 aliphatic carbocycles. The Hall–Kier alpha value is -0.850. The number of carboxylic acid groups (broad SMARTS) is 1. The van der Waals surface area contributed by atoms with Crippen molar-refractivity contribution in [3.05, 3.63) is 0 Å². The maximum Gasteiger partial charge on any atom is 0.367 e. The first-order chi connectivity index (χ1) is 9.81. The average molecular weight is 310 g/mol. The summed E-state index contributed by atoms with van der Waals surface area (Å²) in [6.45, 7) is -0.928. The zero-order valence-corrected chi connectivity index (χ0v) is 10.9. The number of aliphatic hydroxyl groups excluding tert-OH is 5. The molecule has 6 N–H and O–H groups in total. The van der Waals surface area contributed by atoms with Crippen LogP contribution in [0.1, 0.15) is 6.42 Å². The van der Waals surface area contributed by atoms with Gasteiger partial charge in [0.1, 0.15) is 24.4 Å². The van der Waals surface area contributed by atoms with Crippen molar-refractivity contribution >= 4 is 5.97 Å². The lowest BCUT2D eigenvalue weighted by atomic mass is 10.0. The molecule has 0 spiro atoms. The molecule has 2 fully saturated rings. The molecule has 21 heavy (non-hydrogen) atoms. The molecule has 0 saturated carbocycles. The first-order valence-electron chi connectivity index (χ1n) is 6.35. The van der Waals surface area contributed by atoms with E-state index in [2.05, 4.69) is 0 Å². The number of carboxylic acids is 1. The summed E-state index contributed by atoms with van der Waals surface area (Å²) in [6.07, 6.45) is -8.88. The van der Waals surface area contributed by atoms with E-state index >= 15 is 0 Å². The molecule has 0 bridgehead atoms. The van der Waals surface area contributed by atoms with Crippen LogP contribution >= 0.6 is 0 Å². The van der Waals surface area contributed by atoms with Gasteiger partial charge in [-0.25, -0.2) is 4.79 Å². The molecular formula is C11H18O10. The van der Waals surface area contributed by atoms with Gasteiger partial charge in [0.25, 0.3) is 0 Å². The molecule has 2 aliphatic heterocycles. The number of hydrogen-bond acceptors (Lipinski definition) is 9. The number of carbonyl (C=O) groups is 1. The molecule has 2 heterocycles. The molecule has 0 radical (unpaired) electrons. The van der Waals surface area contributed by atoms with Crippen LogP contribution in [0.2, 0.25) is 0 Å². The summed E-state index contributed by atoms with van der Waals surface area (Å²) >= 11 is 0. The molecule has 7 atom stereocenters. The first kappa shape index (κ1) is 16.5. The van der Waals surface area contributed by atoms with Crippen LogP contribution in [0, 0.1) is 0 Å². The lowest BCUT2D eigenvalue weighted by Crippen LogP contribution is -2.57. The van der Waals surface area contributed by atoms with Crippen LogP contribution in [0.4, 0.5) is 0 Å². The van der Waals surface area contributed by atoms with E-state index in [0.717, 1.165) is 0 Å². The number of aliphatic carboxylic acids is 1. The number of ether oxygens (including phenoxy) is 3. The van der Waals surface area contributed by atoms with Crippen LogP contribution in [0.15, 0.2) is 0 Å². The largest absolute Gasteiger partial charge is 0.477 e. The lowest BCUT2D eigenvalue weighted by Gasteiger charge is -2.36. The second-order valence-electron chi connectivity index (χ2n) is 5.02. The fourth-order valence-corrected chi connectivity index (χ4v) is 2.32. The smallest absolute Gasteiger partial charge is 0.367 e. The van der Waals surface area contributed by atoms with Gasteiger partial charge in [0, 0.05) is 6.42 Å². The third kappa shape index (κ3) is 2.89. The number of hydrogen-bond donors (Lipinski definition) is 6. The Morgan fingerprint density at radius 2 is 1.95 bits per heavy atom. The summed E-state index contributed by atoms with van der Waals surface area (Å²) in [4.78, 5) is 11.4. The quantitative estimate of drug-likeness (QED) is 0.305. The van der Waals surface area contributed by atoms with Crippen molar-refractivity contribution in [2.75, 3.05) is 13.2 Å². The van der Waals surface area contributed by atoms with Gasteiger partial charge in [-0.2, -0.15) is 0 Å². The minimum absolute atomic E-state index is 0.109. The lowest BCUT2D eigenvalue weighted by molar-refractivity contribution is -0.343. The maximum absolute atomic E-state index is 11.4. The Bertz CT molecular complexity index is 389. The standard InChI is InChI=1S/C11H18O10/c12-2-6-7(15)8(16)11(20-6,10(17)18)21-9-5(14)1-4(13)3-19-9/h4-9,12-16H,1-3H2,(H,17,18)/t4-,5+,6+,7+,8-,9+,11+/m0/s1. The Morgan fingerprint density at radius 3 is 2.43 bits per heavy atom. The Kier molecular flexibility index (Phi) is 4.80. The highest BCUT2D eigenvalue weighted by molar-refractivity contribution is 5.77. The van der Waals surface area contributed by atoms with Crippen LogP contribution < -0.4 is 0 Å². The summed E-state index contributed by atoms with van der Waals surface area (Å²) in [5.74, 6) is -4.42. The summed E-state index contributed by atoms with van der Waals surface area (Å²) in [6, 6.07) is 0. The van der Waals surface area contributed by atoms with E-state index in [1.165, 1.54) is 0 Å². The molecular weight excluding hydrogens is 292 g/mol. The van der Waals surface area contributed by atoms with Gasteiger partial charge in [-0.1, -0.05) is 0 Å². The predicted octanol–water partition coefficient (Wildman–Crippen LogP) is -3.63. The third-order valence-corrected chi connectivity index (χ3v) is 3.47. The van der Waals surface area contributed by atoms with Gasteiger partial charge in [0.05, 0.1) is 19.3 Å². The maximum atomic E-state index is 11.4. The van der Waals surface area contributed by atoms with Crippen molar-refractivity contribution in [2.45, 2.75) is 49.0 Å². The van der Waals surface area contributed by atoms with Crippen LogP contribution in [0.3, 0.4) is 0 Å². The molecule has 0 aromatic rings. The Labute approximate surface area is 119 Å². The van der Waals surface area contributed by atoms with Crippen LogP contribution in [-0.4, -0.2) is 92.4 Å². The van der Waals surface area contributed by atoms with Gasteiger partial charge in [-0.3, -0.25) is 0 Å². The SMILES string of the molecule is O=C(O)[C@@]1(O[C@H]2OC[C@@H](O)C[C@H]2O)O[C@H](CO)[C@@H](O)[C@@H]1O. The van der Waals surface area contributed by atoms with Crippen molar-refractivity contribution in [1.82, 2.24) is 0 Å². The molecule has 2 rings (SSSR count). The van der Waals surface area contributed by atoms with Gasteiger partial charge < -0.3 is 44.8 Å². The highest BCUT2D eigenvalue weighted by atomic mass is 16.8. The van der Waals surface area contributed by atoms with E-state index in [-0.39, 0.29) is 13.0 Å². The topological polar surface area (TPSA) is 166 Å². The molecule has 10 heteroatoms. The van der Waals surface area contributed by atoms with Crippen molar-refractivity contribution < 1.29 is 49.6 Å². The van der Waals surface area contributed by atoms with Crippen LogP contribution in [0.5, 0.6) is 0 Å². The molecule has 0 amide bonds. The molecule has 10 nitrogen and oxygen atoms in total. The third-order valence-electron chi connectivity index (χ3n) is 3.47. The van der Waals surface area contributed by atoms with E-state index < -0.39 is 55.2 Å². The normalized spacial score (nSPS) is 47.5. The van der Waals surface area contributed by atoms with Crippen LogP contribution in [0.25, 0.3) is 0 Å². The summed E-state index contributed by atoms with van der Waals surface area (Å²) < 4.78 is 15.0. The fourth-order valence-electron chi connectivity index (χ4n) is 2.32. The van der Waals surface area contributed by atoms with Crippen molar-refractivity contribution in [1.29, 1.82) is 0 Å². The first-order valence-corrected chi connectivity index (χ1v) is 6.35. The molecule has 122 valence electrons. The van der Waals surface area contributed by atoms with E-state index in [1.807, 2.05) is 0 Å². The minimum atomic E-state index is -2.68. The molecule has 2 saturated heterocycles. The summed E-state index contributed by atoms with van der Waals surface area (Å²) in [7, 11) is 0. The zero-order valence-electron chi connectivity index (χ0n) is 10.9. The molecule has 0 aromatic heterocycles. The van der Waals surface area contributed by atoms with Gasteiger partial charge in [-0.05, 0) is 0 Å². The molecule has 2 aliphatic rings. The molecule has 0 unspecified atom stereocenters. The average Bonchev–Trinajstić information content (AvgIpc) is 2.67. The Balaban J connectivity index is 2.18. The van der Waals surface area contributed by atoms with E-state index in [1.54, 1.807) is 0 Å². The zero-order chi connectivity index (χ0) is 15.8. The van der Waals surface area contributed by atoms with Crippen molar-refractivity contribution in [3.63, 3.8) is 0 Å². The summed E-state index contributed by atoms with van der Waals surface area (Å²) in [5.41, 5.74) is 0. The highest BCUT2D eigenvalue weighted by Crippen LogP contribution is 2.35. The summed E-state index contributed by atoms with van der Waals surface area (Å²) in [5, 5.41) is 56.8. The second-order valence-corrected chi connectivity index (χ2v) is 5.02. The van der Waals surface area contributed by atoms with Crippen molar-refractivity contribution in [3.8, 4) is 0 Å². The molecule has 0 aromatic carbocycles. The minimum Gasteiger partial charge on any atom is -0.477 e. The van der Waals surface area contributed by atoms with Gasteiger partial charge in [-0.15, -0.1) is 0 Å². The van der Waals surface area contributed by atoms with Gasteiger partial charge >= 0.3 is 11.8 Å². The second kappa shape index (κ2) is 6.10.